The van der Waals surface area contributed by atoms with E-state index in [1.165, 1.54) is 51.9 Å². The molecule has 0 aliphatic rings. The van der Waals surface area contributed by atoms with Gasteiger partial charge in [-0.1, -0.05) is 77.2 Å². The monoisotopic (exact) mass is 461 g/mol. The Morgan fingerprint density at radius 2 is 1.47 bits per heavy atom. The fraction of sp³-hybridized carbons (Fsp3) is 0.667. The van der Waals surface area contributed by atoms with Gasteiger partial charge >= 0.3 is 12.1 Å². The zero-order valence-corrected chi connectivity index (χ0v) is 19.0. The average Bonchev–Trinajstić information content (AvgIpc) is 2.73. The number of alkyl halides is 3. The fourth-order valence-electron chi connectivity index (χ4n) is 3.32. The van der Waals surface area contributed by atoms with E-state index >= 15 is 0 Å². The van der Waals surface area contributed by atoms with Crippen molar-refractivity contribution in [2.45, 2.75) is 96.7 Å². The minimum Gasteiger partial charge on any atom is -0.464 e. The molecule has 0 saturated carbocycles. The van der Waals surface area contributed by atoms with Gasteiger partial charge in [0.05, 0.1) is 17.7 Å². The molecule has 0 aliphatic heterocycles. The lowest BCUT2D eigenvalue weighted by molar-refractivity contribution is -0.145. The zero-order chi connectivity index (χ0) is 24.0. The van der Waals surface area contributed by atoms with E-state index in [2.05, 4.69) is 12.2 Å². The number of hydrogen-bond donors (Lipinski definition) is 1. The third-order valence-electron chi connectivity index (χ3n) is 5.24. The summed E-state index contributed by atoms with van der Waals surface area (Å²) in [6.45, 7) is 3.75. The highest BCUT2D eigenvalue weighted by molar-refractivity contribution is 5.97. The van der Waals surface area contributed by atoms with Crippen LogP contribution in [0.1, 0.15) is 100 Å². The maximum atomic E-state index is 14.0. The number of benzene rings is 1. The van der Waals surface area contributed by atoms with Crippen molar-refractivity contribution < 1.29 is 31.9 Å². The highest BCUT2D eigenvalue weighted by Crippen LogP contribution is 2.32. The molecule has 0 heterocycles. The molecule has 0 spiro atoms. The lowest BCUT2D eigenvalue weighted by Gasteiger charge is -2.15. The third-order valence-corrected chi connectivity index (χ3v) is 5.24. The largest absolute Gasteiger partial charge is 0.464 e. The Balaban J connectivity index is 2.24. The molecule has 1 unspecified atom stereocenters. The molecule has 0 saturated heterocycles. The summed E-state index contributed by atoms with van der Waals surface area (Å²) in [4.78, 5) is 24.1. The summed E-state index contributed by atoms with van der Waals surface area (Å²) in [7, 11) is 0. The van der Waals surface area contributed by atoms with E-state index in [1.54, 1.807) is 0 Å². The van der Waals surface area contributed by atoms with Crippen LogP contribution >= 0.6 is 0 Å². The second-order valence-electron chi connectivity index (χ2n) is 8.06. The summed E-state index contributed by atoms with van der Waals surface area (Å²) in [5.41, 5.74) is -2.30. The van der Waals surface area contributed by atoms with Crippen molar-refractivity contribution in [1.29, 1.82) is 0 Å². The molecule has 8 heteroatoms. The number of amides is 1. The molecule has 0 fully saturated rings. The van der Waals surface area contributed by atoms with E-state index in [1.807, 2.05) is 0 Å². The molecule has 0 radical (unpaired) electrons. The lowest BCUT2D eigenvalue weighted by atomic mass is 10.1. The van der Waals surface area contributed by atoms with Crippen molar-refractivity contribution in [3.63, 3.8) is 0 Å². The van der Waals surface area contributed by atoms with Crippen molar-refractivity contribution >= 4 is 11.9 Å². The first-order chi connectivity index (χ1) is 15.2. The minimum absolute atomic E-state index is 0.202. The van der Waals surface area contributed by atoms with Gasteiger partial charge in [-0.25, -0.2) is 9.18 Å². The Kier molecular flexibility index (Phi) is 13.0. The summed E-state index contributed by atoms with van der Waals surface area (Å²) in [6, 6.07) is 1.32. The first kappa shape index (κ1) is 27.9. The smallest absolute Gasteiger partial charge is 0.419 e. The van der Waals surface area contributed by atoms with E-state index in [9.17, 15) is 27.2 Å². The number of carbonyl (C=O) groups excluding carboxylic acids is 2. The molecule has 1 rings (SSSR count). The van der Waals surface area contributed by atoms with Crippen LogP contribution in [0.4, 0.5) is 17.6 Å². The molecule has 0 aromatic heterocycles. The number of hydrogen-bond acceptors (Lipinski definition) is 3. The lowest BCUT2D eigenvalue weighted by Crippen LogP contribution is -2.40. The van der Waals surface area contributed by atoms with Crippen LogP contribution in [0.15, 0.2) is 18.2 Å². The van der Waals surface area contributed by atoms with Crippen LogP contribution in [0, 0.1) is 5.82 Å². The number of carbonyl (C=O) groups is 2. The van der Waals surface area contributed by atoms with Gasteiger partial charge in [0, 0.05) is 0 Å². The van der Waals surface area contributed by atoms with Gasteiger partial charge < -0.3 is 10.1 Å². The van der Waals surface area contributed by atoms with Crippen LogP contribution in [0.5, 0.6) is 0 Å². The van der Waals surface area contributed by atoms with Crippen LogP contribution in [0.25, 0.3) is 0 Å². The number of unbranched alkanes of at least 4 members (excludes halogenated alkanes) is 10. The molecule has 1 aromatic rings. The number of nitrogens with one attached hydrogen (secondary N) is 1. The molecule has 0 bridgehead atoms. The Morgan fingerprint density at radius 3 is 2.00 bits per heavy atom. The van der Waals surface area contributed by atoms with Gasteiger partial charge in [0.15, 0.2) is 0 Å². The molecule has 182 valence electrons. The molecule has 0 aliphatic carbocycles. The minimum atomic E-state index is -4.92. The molecule has 1 aromatic carbocycles. The quantitative estimate of drug-likeness (QED) is 0.177. The summed E-state index contributed by atoms with van der Waals surface area (Å²) < 4.78 is 57.5. The van der Waals surface area contributed by atoms with E-state index in [0.717, 1.165) is 31.4 Å². The Bertz CT molecular complexity index is 707. The third kappa shape index (κ3) is 10.5. The van der Waals surface area contributed by atoms with Gasteiger partial charge in [-0.3, -0.25) is 4.79 Å². The molecular formula is C24H35F4NO3. The van der Waals surface area contributed by atoms with Crippen LogP contribution in [0.3, 0.4) is 0 Å². The van der Waals surface area contributed by atoms with Gasteiger partial charge in [-0.05, 0) is 25.5 Å². The summed E-state index contributed by atoms with van der Waals surface area (Å²) >= 11 is 0. The van der Waals surface area contributed by atoms with Gasteiger partial charge in [0.1, 0.15) is 11.9 Å². The Labute approximate surface area is 188 Å². The molecule has 1 amide bonds. The fourth-order valence-corrected chi connectivity index (χ4v) is 3.32. The van der Waals surface area contributed by atoms with Gasteiger partial charge in [-0.2, -0.15) is 13.2 Å². The van der Waals surface area contributed by atoms with Crippen molar-refractivity contribution in [1.82, 2.24) is 5.32 Å². The van der Waals surface area contributed by atoms with Crippen molar-refractivity contribution in [3.05, 3.63) is 35.1 Å². The maximum absolute atomic E-state index is 14.0. The Morgan fingerprint density at radius 1 is 0.938 bits per heavy atom. The van der Waals surface area contributed by atoms with Crippen molar-refractivity contribution in [2.24, 2.45) is 0 Å². The van der Waals surface area contributed by atoms with Crippen LogP contribution < -0.4 is 5.32 Å². The molecule has 1 atom stereocenters. The highest BCUT2D eigenvalue weighted by atomic mass is 19.4. The average molecular weight is 462 g/mol. The van der Waals surface area contributed by atoms with E-state index < -0.39 is 41.0 Å². The van der Waals surface area contributed by atoms with Crippen LogP contribution in [-0.2, 0) is 15.7 Å². The number of esters is 1. The second kappa shape index (κ2) is 14.9. The highest BCUT2D eigenvalue weighted by Gasteiger charge is 2.36. The first-order valence-electron chi connectivity index (χ1n) is 11.5. The molecule has 1 N–H and O–H groups in total. The SMILES string of the molecule is CCCCCCCCCCCCCOC(=O)C(C)NC(=O)c1cccc(C(F)(F)F)c1F. The first-order valence-corrected chi connectivity index (χ1v) is 11.5. The van der Waals surface area contributed by atoms with E-state index in [0.29, 0.717) is 12.5 Å². The molecular weight excluding hydrogens is 426 g/mol. The van der Waals surface area contributed by atoms with Crippen molar-refractivity contribution in [2.75, 3.05) is 6.61 Å². The predicted molar refractivity (Wildman–Crippen MR) is 116 cm³/mol. The van der Waals surface area contributed by atoms with Crippen LogP contribution in [0.2, 0.25) is 0 Å². The van der Waals surface area contributed by atoms with Crippen LogP contribution in [-0.4, -0.2) is 24.5 Å². The number of rotatable bonds is 15. The van der Waals surface area contributed by atoms with Crippen molar-refractivity contribution in [3.8, 4) is 0 Å². The maximum Gasteiger partial charge on any atom is 0.419 e. The Hall–Kier alpha value is -2.12. The molecule has 4 nitrogen and oxygen atoms in total. The number of halogens is 4. The van der Waals surface area contributed by atoms with Gasteiger partial charge in [0.2, 0.25) is 0 Å². The summed E-state index contributed by atoms with van der Waals surface area (Å²) in [6.07, 6.45) is 7.85. The summed E-state index contributed by atoms with van der Waals surface area (Å²) in [5.74, 6) is -3.48. The second-order valence-corrected chi connectivity index (χ2v) is 8.06. The normalized spacial score (nSPS) is 12.4. The van der Waals surface area contributed by atoms with Gasteiger partial charge in [0.25, 0.3) is 5.91 Å². The van der Waals surface area contributed by atoms with E-state index in [4.69, 9.17) is 4.74 Å². The predicted octanol–water partition coefficient (Wildman–Crippen LogP) is 6.82. The zero-order valence-electron chi connectivity index (χ0n) is 19.0. The summed E-state index contributed by atoms with van der Waals surface area (Å²) in [5, 5.41) is 2.19. The van der Waals surface area contributed by atoms with E-state index in [-0.39, 0.29) is 6.61 Å². The molecule has 32 heavy (non-hydrogen) atoms. The topological polar surface area (TPSA) is 55.4 Å². The number of ether oxygens (including phenoxy) is 1. The van der Waals surface area contributed by atoms with Gasteiger partial charge in [-0.15, -0.1) is 0 Å². The standard InChI is InChI=1S/C24H35F4NO3/c1-3-4-5-6-7-8-9-10-11-12-13-17-32-23(31)18(2)29-22(30)19-15-14-16-20(21(19)25)24(26,27)28/h14-16,18H,3-13,17H2,1-2H3,(H,29,30).